The van der Waals surface area contributed by atoms with Gasteiger partial charge in [0.15, 0.2) is 0 Å². The third kappa shape index (κ3) is 5.11. The molecule has 2 heterocycles. The number of piperidine rings is 2. The van der Waals surface area contributed by atoms with E-state index in [2.05, 4.69) is 46.2 Å². The molecule has 0 unspecified atom stereocenters. The molecule has 4 nitrogen and oxygen atoms in total. The van der Waals surface area contributed by atoms with E-state index < -0.39 is 0 Å². The summed E-state index contributed by atoms with van der Waals surface area (Å²) in [7, 11) is 1.68. The summed E-state index contributed by atoms with van der Waals surface area (Å²) in [6.07, 6.45) is 9.39. The standard InChI is InChI=1S/C29H38N2O2/c1-33-27-11-9-26(10-12-27)29(15-16-29)28(32)31-19-13-24(14-20-31)21-23-5-7-25(8-6-23)22-30-17-3-2-4-18-30/h5-12,24H,2-4,13-22H2,1H3. The Morgan fingerprint density at radius 1 is 0.879 bits per heavy atom. The van der Waals surface area contributed by atoms with Gasteiger partial charge in [-0.25, -0.2) is 0 Å². The van der Waals surface area contributed by atoms with Gasteiger partial charge in [-0.15, -0.1) is 0 Å². The molecule has 0 N–H and O–H groups in total. The number of amides is 1. The molecule has 0 bridgehead atoms. The van der Waals surface area contributed by atoms with E-state index in [1.54, 1.807) is 7.11 Å². The van der Waals surface area contributed by atoms with E-state index in [1.807, 2.05) is 12.1 Å². The fourth-order valence-corrected chi connectivity index (χ4v) is 5.79. The number of methoxy groups -OCH3 is 1. The molecule has 2 aromatic carbocycles. The Hall–Kier alpha value is -2.33. The van der Waals surface area contributed by atoms with E-state index >= 15 is 0 Å². The highest BCUT2D eigenvalue weighted by atomic mass is 16.5. The van der Waals surface area contributed by atoms with Crippen molar-refractivity contribution in [2.45, 2.75) is 63.3 Å². The fraction of sp³-hybridized carbons (Fsp3) is 0.552. The van der Waals surface area contributed by atoms with Crippen LogP contribution < -0.4 is 4.74 Å². The summed E-state index contributed by atoms with van der Waals surface area (Å²) in [5.41, 5.74) is 3.76. The van der Waals surface area contributed by atoms with Gasteiger partial charge in [-0.05, 0) is 92.8 Å². The van der Waals surface area contributed by atoms with Crippen molar-refractivity contribution in [2.75, 3.05) is 33.3 Å². The number of carbonyl (C=O) groups is 1. The van der Waals surface area contributed by atoms with Crippen LogP contribution in [0.2, 0.25) is 0 Å². The summed E-state index contributed by atoms with van der Waals surface area (Å²) >= 11 is 0. The van der Waals surface area contributed by atoms with Crippen molar-refractivity contribution in [2.24, 2.45) is 5.92 Å². The van der Waals surface area contributed by atoms with E-state index in [-0.39, 0.29) is 5.41 Å². The van der Waals surface area contributed by atoms with Gasteiger partial charge in [-0.3, -0.25) is 9.69 Å². The minimum atomic E-state index is -0.275. The second-order valence-electron chi connectivity index (χ2n) is 10.4. The highest BCUT2D eigenvalue weighted by molar-refractivity contribution is 5.91. The first kappa shape index (κ1) is 22.5. The first-order valence-corrected chi connectivity index (χ1v) is 12.9. The predicted molar refractivity (Wildman–Crippen MR) is 132 cm³/mol. The lowest BCUT2D eigenvalue weighted by Gasteiger charge is -2.34. The molecule has 2 aliphatic heterocycles. The molecule has 0 spiro atoms. The number of likely N-dealkylation sites (tertiary alicyclic amines) is 2. The number of hydrogen-bond acceptors (Lipinski definition) is 3. The van der Waals surface area contributed by atoms with Gasteiger partial charge in [-0.2, -0.15) is 0 Å². The van der Waals surface area contributed by atoms with Crippen molar-refractivity contribution in [1.29, 1.82) is 0 Å². The molecule has 2 saturated heterocycles. The van der Waals surface area contributed by atoms with Crippen molar-refractivity contribution >= 4 is 5.91 Å². The van der Waals surface area contributed by atoms with Gasteiger partial charge in [0.05, 0.1) is 12.5 Å². The molecular formula is C29H38N2O2. The summed E-state index contributed by atoms with van der Waals surface area (Å²) in [6, 6.07) is 17.4. The molecule has 5 rings (SSSR count). The van der Waals surface area contributed by atoms with Gasteiger partial charge >= 0.3 is 0 Å². The monoisotopic (exact) mass is 446 g/mol. The molecule has 0 atom stereocenters. The minimum absolute atomic E-state index is 0.275. The average molecular weight is 447 g/mol. The smallest absolute Gasteiger partial charge is 0.233 e. The van der Waals surface area contributed by atoms with Crippen LogP contribution in [0.25, 0.3) is 0 Å². The zero-order valence-corrected chi connectivity index (χ0v) is 20.1. The number of ether oxygens (including phenoxy) is 1. The fourth-order valence-electron chi connectivity index (χ4n) is 5.79. The predicted octanol–water partition coefficient (Wildman–Crippen LogP) is 5.19. The normalized spacial score (nSPS) is 21.1. The van der Waals surface area contributed by atoms with Gasteiger partial charge in [0, 0.05) is 19.6 Å². The highest BCUT2D eigenvalue weighted by Gasteiger charge is 2.53. The Morgan fingerprint density at radius 2 is 1.52 bits per heavy atom. The number of rotatable bonds is 7. The largest absolute Gasteiger partial charge is 0.497 e. The molecule has 176 valence electrons. The van der Waals surface area contributed by atoms with E-state index in [1.165, 1.54) is 43.5 Å². The minimum Gasteiger partial charge on any atom is -0.497 e. The third-order valence-electron chi connectivity index (χ3n) is 8.11. The van der Waals surface area contributed by atoms with Gasteiger partial charge in [0.25, 0.3) is 0 Å². The maximum absolute atomic E-state index is 13.4. The van der Waals surface area contributed by atoms with Gasteiger partial charge in [-0.1, -0.05) is 42.8 Å². The molecule has 1 amide bonds. The summed E-state index contributed by atoms with van der Waals surface area (Å²) in [5, 5.41) is 0. The van der Waals surface area contributed by atoms with E-state index in [4.69, 9.17) is 4.74 Å². The topological polar surface area (TPSA) is 32.8 Å². The summed E-state index contributed by atoms with van der Waals surface area (Å²) in [4.78, 5) is 18.1. The molecule has 0 radical (unpaired) electrons. The van der Waals surface area contributed by atoms with Crippen LogP contribution in [0.4, 0.5) is 0 Å². The Morgan fingerprint density at radius 3 is 2.12 bits per heavy atom. The molecule has 1 aliphatic carbocycles. The van der Waals surface area contributed by atoms with Crippen molar-refractivity contribution in [1.82, 2.24) is 9.80 Å². The van der Waals surface area contributed by atoms with Crippen LogP contribution in [0.15, 0.2) is 48.5 Å². The lowest BCUT2D eigenvalue weighted by molar-refractivity contribution is -0.135. The van der Waals surface area contributed by atoms with Gasteiger partial charge in [0.1, 0.15) is 5.75 Å². The van der Waals surface area contributed by atoms with Crippen LogP contribution in [0.3, 0.4) is 0 Å². The Balaban J connectivity index is 1.11. The molecule has 2 aromatic rings. The van der Waals surface area contributed by atoms with Crippen molar-refractivity contribution in [3.05, 3.63) is 65.2 Å². The SMILES string of the molecule is COc1ccc(C2(C(=O)N3CCC(Cc4ccc(CN5CCCCC5)cc4)CC3)CC2)cc1. The Labute approximate surface area is 198 Å². The van der Waals surface area contributed by atoms with E-state index in [0.717, 1.165) is 63.1 Å². The van der Waals surface area contributed by atoms with Crippen LogP contribution in [-0.4, -0.2) is 49.0 Å². The highest BCUT2D eigenvalue weighted by Crippen LogP contribution is 2.50. The number of nitrogens with zero attached hydrogens (tertiary/aromatic N) is 2. The second kappa shape index (κ2) is 9.89. The summed E-state index contributed by atoms with van der Waals surface area (Å²) < 4.78 is 5.28. The van der Waals surface area contributed by atoms with Crippen LogP contribution in [0, 0.1) is 5.92 Å². The lowest BCUT2D eigenvalue weighted by Crippen LogP contribution is -2.44. The van der Waals surface area contributed by atoms with Crippen molar-refractivity contribution < 1.29 is 9.53 Å². The van der Waals surface area contributed by atoms with Crippen molar-refractivity contribution in [3.8, 4) is 5.75 Å². The quantitative estimate of drug-likeness (QED) is 0.586. The molecule has 3 fully saturated rings. The van der Waals surface area contributed by atoms with Crippen LogP contribution in [0.5, 0.6) is 5.75 Å². The molecular weight excluding hydrogens is 408 g/mol. The van der Waals surface area contributed by atoms with Crippen LogP contribution in [-0.2, 0) is 23.2 Å². The van der Waals surface area contributed by atoms with E-state index in [9.17, 15) is 4.79 Å². The molecule has 4 heteroatoms. The first-order chi connectivity index (χ1) is 16.2. The number of hydrogen-bond donors (Lipinski definition) is 0. The van der Waals surface area contributed by atoms with E-state index in [0.29, 0.717) is 11.8 Å². The first-order valence-electron chi connectivity index (χ1n) is 12.9. The molecule has 0 aromatic heterocycles. The maximum atomic E-state index is 13.4. The summed E-state index contributed by atoms with van der Waals surface area (Å²) in [6.45, 7) is 5.39. The van der Waals surface area contributed by atoms with Gasteiger partial charge < -0.3 is 9.64 Å². The zero-order chi connectivity index (χ0) is 22.7. The van der Waals surface area contributed by atoms with Crippen molar-refractivity contribution in [3.63, 3.8) is 0 Å². The number of carbonyl (C=O) groups excluding carboxylic acids is 1. The number of benzene rings is 2. The molecule has 1 saturated carbocycles. The lowest BCUT2D eigenvalue weighted by atomic mass is 9.88. The molecule has 3 aliphatic rings. The van der Waals surface area contributed by atoms with Crippen LogP contribution >= 0.6 is 0 Å². The third-order valence-corrected chi connectivity index (χ3v) is 8.11. The van der Waals surface area contributed by atoms with Crippen LogP contribution in [0.1, 0.15) is 61.6 Å². The van der Waals surface area contributed by atoms with Gasteiger partial charge in [0.2, 0.25) is 5.91 Å². The second-order valence-corrected chi connectivity index (χ2v) is 10.4. The Kier molecular flexibility index (Phi) is 6.73. The average Bonchev–Trinajstić information content (AvgIpc) is 3.68. The maximum Gasteiger partial charge on any atom is 0.233 e. The molecule has 33 heavy (non-hydrogen) atoms. The summed E-state index contributed by atoms with van der Waals surface area (Å²) in [5.74, 6) is 1.87. The zero-order valence-electron chi connectivity index (χ0n) is 20.1. The Bertz CT molecular complexity index is 919.